The normalized spacial score (nSPS) is 9.96. The first-order valence-electron chi connectivity index (χ1n) is 7.09. The number of carbonyl (C=O) groups is 2. The molecule has 0 atom stereocenters. The highest BCUT2D eigenvalue weighted by Crippen LogP contribution is 2.12. The van der Waals surface area contributed by atoms with E-state index in [0.717, 1.165) is 11.3 Å². The van der Waals surface area contributed by atoms with Gasteiger partial charge in [-0.3, -0.25) is 20.4 Å². The lowest BCUT2D eigenvalue weighted by atomic mass is 10.1. The average Bonchev–Trinajstić information content (AvgIpc) is 2.59. The zero-order chi connectivity index (χ0) is 16.7. The number of ether oxygens (including phenoxy) is 1. The first-order chi connectivity index (χ1) is 11.1. The molecule has 2 aromatic rings. The largest absolute Gasteiger partial charge is 0.508 e. The van der Waals surface area contributed by atoms with Gasteiger partial charge in [-0.1, -0.05) is 12.1 Å². The second kappa shape index (κ2) is 7.84. The van der Waals surface area contributed by atoms with Gasteiger partial charge < -0.3 is 9.84 Å². The summed E-state index contributed by atoms with van der Waals surface area (Å²) in [6.07, 6.45) is 0.813. The van der Waals surface area contributed by atoms with Crippen LogP contribution in [0, 0.1) is 0 Å². The molecule has 0 saturated carbocycles. The molecule has 23 heavy (non-hydrogen) atoms. The van der Waals surface area contributed by atoms with Crippen LogP contribution in [0.3, 0.4) is 0 Å². The van der Waals surface area contributed by atoms with E-state index < -0.39 is 5.91 Å². The van der Waals surface area contributed by atoms with Crippen molar-refractivity contribution in [3.05, 3.63) is 59.7 Å². The third-order valence-corrected chi connectivity index (χ3v) is 3.24. The van der Waals surface area contributed by atoms with Gasteiger partial charge in [-0.05, 0) is 48.4 Å². The van der Waals surface area contributed by atoms with Gasteiger partial charge in [-0.2, -0.15) is 0 Å². The first kappa shape index (κ1) is 16.4. The zero-order valence-corrected chi connectivity index (χ0v) is 12.7. The number of carbonyl (C=O) groups excluding carboxylic acids is 2. The molecule has 0 radical (unpaired) electrons. The summed E-state index contributed by atoms with van der Waals surface area (Å²) in [5.74, 6) is 0.111. The minimum absolute atomic E-state index is 0.0741. The number of phenolic OH excluding ortho intramolecular Hbond substituents is 1. The van der Waals surface area contributed by atoms with Crippen LogP contribution in [0.1, 0.15) is 22.3 Å². The molecule has 2 rings (SSSR count). The number of hydrogen-bond acceptors (Lipinski definition) is 4. The second-order valence-corrected chi connectivity index (χ2v) is 4.90. The van der Waals surface area contributed by atoms with Crippen LogP contribution in [-0.4, -0.2) is 24.0 Å². The van der Waals surface area contributed by atoms with Crippen molar-refractivity contribution in [3.8, 4) is 11.5 Å². The van der Waals surface area contributed by atoms with E-state index in [-0.39, 0.29) is 18.1 Å². The van der Waals surface area contributed by atoms with Crippen LogP contribution in [0.4, 0.5) is 0 Å². The molecule has 0 spiro atoms. The summed E-state index contributed by atoms with van der Waals surface area (Å²) in [4.78, 5) is 23.5. The maximum atomic E-state index is 11.8. The van der Waals surface area contributed by atoms with E-state index in [1.165, 1.54) is 24.3 Å². The minimum atomic E-state index is -0.442. The summed E-state index contributed by atoms with van der Waals surface area (Å²) in [7, 11) is 1.60. The molecule has 120 valence electrons. The Labute approximate surface area is 134 Å². The number of aromatic hydroxyl groups is 1. The van der Waals surface area contributed by atoms with E-state index in [0.29, 0.717) is 12.0 Å². The molecule has 0 aliphatic carbocycles. The Morgan fingerprint density at radius 2 is 1.65 bits per heavy atom. The molecule has 3 N–H and O–H groups in total. The highest BCUT2D eigenvalue weighted by atomic mass is 16.5. The monoisotopic (exact) mass is 314 g/mol. The number of hydrazine groups is 1. The number of phenols is 1. The molecule has 0 aliphatic rings. The van der Waals surface area contributed by atoms with Gasteiger partial charge in [0.1, 0.15) is 11.5 Å². The van der Waals surface area contributed by atoms with E-state index >= 15 is 0 Å². The summed E-state index contributed by atoms with van der Waals surface area (Å²) >= 11 is 0. The smallest absolute Gasteiger partial charge is 0.269 e. The lowest BCUT2D eigenvalue weighted by molar-refractivity contribution is -0.121. The third-order valence-electron chi connectivity index (χ3n) is 3.24. The molecule has 2 aromatic carbocycles. The van der Waals surface area contributed by atoms with Gasteiger partial charge in [-0.25, -0.2) is 0 Å². The van der Waals surface area contributed by atoms with Crippen LogP contribution in [0.15, 0.2) is 48.5 Å². The van der Waals surface area contributed by atoms with Gasteiger partial charge in [0.05, 0.1) is 7.11 Å². The van der Waals surface area contributed by atoms with Gasteiger partial charge in [0.15, 0.2) is 0 Å². The Bertz CT molecular complexity index is 666. The van der Waals surface area contributed by atoms with Crippen molar-refractivity contribution in [1.29, 1.82) is 0 Å². The number of rotatable bonds is 5. The summed E-state index contributed by atoms with van der Waals surface area (Å²) in [5.41, 5.74) is 6.05. The van der Waals surface area contributed by atoms with Gasteiger partial charge in [0.2, 0.25) is 5.91 Å². The van der Waals surface area contributed by atoms with E-state index in [2.05, 4.69) is 10.9 Å². The molecule has 0 unspecified atom stereocenters. The predicted octanol–water partition coefficient (Wildman–Crippen LogP) is 1.79. The SMILES string of the molecule is COc1ccc(CCC(=O)NNC(=O)c2ccc(O)cc2)cc1. The minimum Gasteiger partial charge on any atom is -0.508 e. The highest BCUT2D eigenvalue weighted by molar-refractivity contribution is 5.95. The van der Waals surface area contributed by atoms with Crippen LogP contribution < -0.4 is 15.6 Å². The van der Waals surface area contributed by atoms with Crippen molar-refractivity contribution in [1.82, 2.24) is 10.9 Å². The standard InChI is InChI=1S/C17H18N2O4/c1-23-15-9-2-12(3-10-15)4-11-16(21)18-19-17(22)13-5-7-14(20)8-6-13/h2-3,5-10,20H,4,11H2,1H3,(H,18,21)(H,19,22). The van der Waals surface area contributed by atoms with Crippen molar-refractivity contribution >= 4 is 11.8 Å². The predicted molar refractivity (Wildman–Crippen MR) is 85.0 cm³/mol. The molecule has 6 heteroatoms. The van der Waals surface area contributed by atoms with Gasteiger partial charge in [-0.15, -0.1) is 0 Å². The number of aryl methyl sites for hydroxylation is 1. The van der Waals surface area contributed by atoms with Crippen LogP contribution in [0.25, 0.3) is 0 Å². The van der Waals surface area contributed by atoms with Crippen LogP contribution in [-0.2, 0) is 11.2 Å². The van der Waals surface area contributed by atoms with E-state index in [9.17, 15) is 9.59 Å². The number of nitrogens with one attached hydrogen (secondary N) is 2. The lowest BCUT2D eigenvalue weighted by Gasteiger charge is -2.08. The third kappa shape index (κ3) is 5.03. The second-order valence-electron chi connectivity index (χ2n) is 4.90. The molecular weight excluding hydrogens is 296 g/mol. The first-order valence-corrected chi connectivity index (χ1v) is 7.09. The van der Waals surface area contributed by atoms with E-state index in [4.69, 9.17) is 9.84 Å². The van der Waals surface area contributed by atoms with Crippen LogP contribution in [0.2, 0.25) is 0 Å². The average molecular weight is 314 g/mol. The Morgan fingerprint density at radius 1 is 1.00 bits per heavy atom. The van der Waals surface area contributed by atoms with Crippen molar-refractivity contribution in [2.24, 2.45) is 0 Å². The fourth-order valence-corrected chi connectivity index (χ4v) is 1.92. The number of hydrogen-bond donors (Lipinski definition) is 3. The van der Waals surface area contributed by atoms with Crippen LogP contribution >= 0.6 is 0 Å². The fourth-order valence-electron chi connectivity index (χ4n) is 1.92. The maximum Gasteiger partial charge on any atom is 0.269 e. The summed E-state index contributed by atoms with van der Waals surface area (Å²) in [6.45, 7) is 0. The fraction of sp³-hybridized carbons (Fsp3) is 0.176. The topological polar surface area (TPSA) is 87.7 Å². The molecule has 0 saturated heterocycles. The Hall–Kier alpha value is -3.02. The molecule has 6 nitrogen and oxygen atoms in total. The summed E-state index contributed by atoms with van der Waals surface area (Å²) in [5, 5.41) is 9.16. The number of benzene rings is 2. The zero-order valence-electron chi connectivity index (χ0n) is 12.7. The summed E-state index contributed by atoms with van der Waals surface area (Å²) in [6, 6.07) is 13.2. The van der Waals surface area contributed by atoms with Crippen molar-refractivity contribution in [3.63, 3.8) is 0 Å². The van der Waals surface area contributed by atoms with Gasteiger partial charge >= 0.3 is 0 Å². The van der Waals surface area contributed by atoms with Gasteiger partial charge in [0.25, 0.3) is 5.91 Å². The quantitative estimate of drug-likeness (QED) is 0.734. The molecule has 0 aliphatic heterocycles. The highest BCUT2D eigenvalue weighted by Gasteiger charge is 2.07. The summed E-state index contributed by atoms with van der Waals surface area (Å²) < 4.78 is 5.07. The molecule has 0 fully saturated rings. The Balaban J connectivity index is 1.76. The van der Waals surface area contributed by atoms with Crippen molar-refractivity contribution in [2.75, 3.05) is 7.11 Å². The lowest BCUT2D eigenvalue weighted by Crippen LogP contribution is -2.41. The van der Waals surface area contributed by atoms with Crippen LogP contribution in [0.5, 0.6) is 11.5 Å². The van der Waals surface area contributed by atoms with E-state index in [1.807, 2.05) is 24.3 Å². The molecule has 0 heterocycles. The maximum absolute atomic E-state index is 11.8. The number of methoxy groups -OCH3 is 1. The molecular formula is C17H18N2O4. The molecule has 0 bridgehead atoms. The molecule has 0 aromatic heterocycles. The molecule has 2 amide bonds. The van der Waals surface area contributed by atoms with Crippen molar-refractivity contribution < 1.29 is 19.4 Å². The van der Waals surface area contributed by atoms with Gasteiger partial charge in [0, 0.05) is 12.0 Å². The number of amides is 2. The van der Waals surface area contributed by atoms with E-state index in [1.54, 1.807) is 7.11 Å². The Kier molecular flexibility index (Phi) is 5.57. The van der Waals surface area contributed by atoms with Crippen molar-refractivity contribution in [2.45, 2.75) is 12.8 Å². The Morgan fingerprint density at radius 3 is 2.26 bits per heavy atom.